The monoisotopic (exact) mass is 294 g/mol. The van der Waals surface area contributed by atoms with E-state index in [0.717, 1.165) is 0 Å². The number of carbonyl (C=O) groups is 1. The molecule has 114 valence electrons. The van der Waals surface area contributed by atoms with Crippen LogP contribution in [-0.2, 0) is 4.79 Å². The van der Waals surface area contributed by atoms with E-state index >= 15 is 0 Å². The molecule has 19 heavy (non-hydrogen) atoms. The second-order valence-electron chi connectivity index (χ2n) is 4.46. The van der Waals surface area contributed by atoms with E-state index in [9.17, 15) is 31.1 Å². The Hall–Kier alpha value is -0.990. The van der Waals surface area contributed by atoms with Gasteiger partial charge in [-0.2, -0.15) is 26.3 Å². The SMILES string of the molecule is CCC(C)(CCN)NC(=O)C(C(F)(F)F)C(F)(F)F. The molecule has 9 heteroatoms. The van der Waals surface area contributed by atoms with Gasteiger partial charge in [0.15, 0.2) is 0 Å². The predicted molar refractivity (Wildman–Crippen MR) is 56.1 cm³/mol. The number of nitrogens with two attached hydrogens (primary N) is 1. The first-order valence-corrected chi connectivity index (χ1v) is 5.53. The van der Waals surface area contributed by atoms with E-state index in [1.54, 1.807) is 5.32 Å². The zero-order valence-electron chi connectivity index (χ0n) is 10.5. The third kappa shape index (κ3) is 5.25. The van der Waals surface area contributed by atoms with Crippen LogP contribution in [0, 0.1) is 5.92 Å². The number of alkyl halides is 6. The molecule has 0 aromatic carbocycles. The van der Waals surface area contributed by atoms with Gasteiger partial charge in [0.1, 0.15) is 0 Å². The zero-order chi connectivity index (χ0) is 15.5. The van der Waals surface area contributed by atoms with Gasteiger partial charge in [-0.3, -0.25) is 4.79 Å². The Morgan fingerprint density at radius 1 is 1.16 bits per heavy atom. The van der Waals surface area contributed by atoms with E-state index < -0.39 is 29.7 Å². The fraction of sp³-hybridized carbons (Fsp3) is 0.900. The van der Waals surface area contributed by atoms with Gasteiger partial charge in [0, 0.05) is 5.54 Å². The van der Waals surface area contributed by atoms with E-state index in [4.69, 9.17) is 5.73 Å². The second-order valence-corrected chi connectivity index (χ2v) is 4.46. The van der Waals surface area contributed by atoms with Crippen molar-refractivity contribution in [2.24, 2.45) is 11.7 Å². The molecular formula is C10H16F6N2O. The molecular weight excluding hydrogens is 278 g/mol. The van der Waals surface area contributed by atoms with Gasteiger partial charge in [-0.15, -0.1) is 0 Å². The largest absolute Gasteiger partial charge is 0.409 e. The molecule has 0 rings (SSSR count). The first kappa shape index (κ1) is 18.0. The van der Waals surface area contributed by atoms with Crippen LogP contribution in [-0.4, -0.2) is 30.3 Å². The van der Waals surface area contributed by atoms with Crippen LogP contribution in [0.2, 0.25) is 0 Å². The van der Waals surface area contributed by atoms with E-state index in [1.807, 2.05) is 0 Å². The average molecular weight is 294 g/mol. The number of carbonyl (C=O) groups excluding carboxylic acids is 1. The summed E-state index contributed by atoms with van der Waals surface area (Å²) in [5, 5.41) is 1.80. The molecule has 0 saturated heterocycles. The fourth-order valence-electron chi connectivity index (χ4n) is 1.50. The Kier molecular flexibility index (Phi) is 5.66. The molecule has 0 radical (unpaired) electrons. The highest BCUT2D eigenvalue weighted by atomic mass is 19.4. The van der Waals surface area contributed by atoms with Crippen LogP contribution in [0.3, 0.4) is 0 Å². The molecule has 0 aliphatic carbocycles. The number of rotatable bonds is 5. The van der Waals surface area contributed by atoms with Crippen molar-refractivity contribution in [3.05, 3.63) is 0 Å². The number of hydrogen-bond acceptors (Lipinski definition) is 2. The van der Waals surface area contributed by atoms with Crippen LogP contribution in [0.4, 0.5) is 26.3 Å². The fourth-order valence-corrected chi connectivity index (χ4v) is 1.50. The molecule has 0 aromatic heterocycles. The molecule has 1 atom stereocenters. The Bertz CT molecular complexity index is 300. The average Bonchev–Trinajstić information content (AvgIpc) is 2.12. The lowest BCUT2D eigenvalue weighted by Crippen LogP contribution is -2.55. The smallest absolute Gasteiger partial charge is 0.350 e. The van der Waals surface area contributed by atoms with E-state index in [2.05, 4.69) is 0 Å². The van der Waals surface area contributed by atoms with Crippen LogP contribution in [0.1, 0.15) is 26.7 Å². The van der Waals surface area contributed by atoms with Gasteiger partial charge < -0.3 is 11.1 Å². The van der Waals surface area contributed by atoms with Crippen molar-refractivity contribution >= 4 is 5.91 Å². The number of amides is 1. The van der Waals surface area contributed by atoms with Crippen molar-refractivity contribution in [3.8, 4) is 0 Å². The summed E-state index contributed by atoms with van der Waals surface area (Å²) in [5.74, 6) is -6.12. The topological polar surface area (TPSA) is 55.1 Å². The first-order chi connectivity index (χ1) is 8.37. The molecule has 1 unspecified atom stereocenters. The van der Waals surface area contributed by atoms with Crippen molar-refractivity contribution in [2.75, 3.05) is 6.54 Å². The Balaban J connectivity index is 5.14. The highest BCUT2D eigenvalue weighted by Gasteiger charge is 2.61. The summed E-state index contributed by atoms with van der Waals surface area (Å²) < 4.78 is 74.0. The van der Waals surface area contributed by atoms with Crippen molar-refractivity contribution in [2.45, 2.75) is 44.6 Å². The van der Waals surface area contributed by atoms with Gasteiger partial charge in [-0.05, 0) is 26.3 Å². The normalized spacial score (nSPS) is 16.3. The maximum absolute atomic E-state index is 12.3. The highest BCUT2D eigenvalue weighted by Crippen LogP contribution is 2.39. The van der Waals surface area contributed by atoms with Crippen molar-refractivity contribution in [3.63, 3.8) is 0 Å². The van der Waals surface area contributed by atoms with E-state index in [0.29, 0.717) is 0 Å². The molecule has 0 spiro atoms. The Labute approximate surface area is 106 Å². The van der Waals surface area contributed by atoms with Crippen molar-refractivity contribution in [1.29, 1.82) is 0 Å². The van der Waals surface area contributed by atoms with Crippen LogP contribution in [0.25, 0.3) is 0 Å². The molecule has 0 saturated carbocycles. The Morgan fingerprint density at radius 3 is 1.84 bits per heavy atom. The maximum atomic E-state index is 12.3. The zero-order valence-corrected chi connectivity index (χ0v) is 10.5. The minimum Gasteiger partial charge on any atom is -0.350 e. The number of hydrogen-bond donors (Lipinski definition) is 2. The minimum atomic E-state index is -5.68. The standard InChI is InChI=1S/C10H16F6N2O/c1-3-8(2,4-5-17)18-7(19)6(9(11,12)13)10(14,15)16/h6H,3-5,17H2,1-2H3,(H,18,19). The molecule has 0 fully saturated rings. The molecule has 0 aliphatic heterocycles. The van der Waals surface area contributed by atoms with Gasteiger partial charge in [0.05, 0.1) is 0 Å². The molecule has 0 aliphatic rings. The van der Waals surface area contributed by atoms with Crippen molar-refractivity contribution < 1.29 is 31.1 Å². The van der Waals surface area contributed by atoms with Crippen LogP contribution >= 0.6 is 0 Å². The summed E-state index contributed by atoms with van der Waals surface area (Å²) in [7, 11) is 0. The summed E-state index contributed by atoms with van der Waals surface area (Å²) in [5.41, 5.74) is 4.02. The summed E-state index contributed by atoms with van der Waals surface area (Å²) >= 11 is 0. The van der Waals surface area contributed by atoms with E-state index in [-0.39, 0.29) is 19.4 Å². The molecule has 3 N–H and O–H groups in total. The van der Waals surface area contributed by atoms with Gasteiger partial charge in [0.2, 0.25) is 11.8 Å². The summed E-state index contributed by atoms with van der Waals surface area (Å²) in [6.45, 7) is 2.92. The lowest BCUT2D eigenvalue weighted by molar-refractivity contribution is -0.274. The number of halogens is 6. The lowest BCUT2D eigenvalue weighted by Gasteiger charge is -2.32. The van der Waals surface area contributed by atoms with Crippen molar-refractivity contribution in [1.82, 2.24) is 5.32 Å². The third-order valence-electron chi connectivity index (χ3n) is 2.82. The molecule has 0 heterocycles. The quantitative estimate of drug-likeness (QED) is 0.765. The molecule has 3 nitrogen and oxygen atoms in total. The first-order valence-electron chi connectivity index (χ1n) is 5.53. The molecule has 1 amide bonds. The Morgan fingerprint density at radius 2 is 1.58 bits per heavy atom. The van der Waals surface area contributed by atoms with Crippen LogP contribution in [0.15, 0.2) is 0 Å². The second kappa shape index (κ2) is 5.98. The summed E-state index contributed by atoms with van der Waals surface area (Å²) in [6.07, 6.45) is -11.1. The predicted octanol–water partition coefficient (Wildman–Crippen LogP) is 2.36. The van der Waals surface area contributed by atoms with Gasteiger partial charge in [0.25, 0.3) is 0 Å². The van der Waals surface area contributed by atoms with E-state index in [1.165, 1.54) is 13.8 Å². The molecule has 0 bridgehead atoms. The van der Waals surface area contributed by atoms with Crippen LogP contribution in [0.5, 0.6) is 0 Å². The molecule has 0 aromatic rings. The summed E-state index contributed by atoms with van der Waals surface area (Å²) in [4.78, 5) is 11.3. The minimum absolute atomic E-state index is 0.0350. The number of nitrogens with one attached hydrogen (secondary N) is 1. The van der Waals surface area contributed by atoms with Gasteiger partial charge >= 0.3 is 12.4 Å². The third-order valence-corrected chi connectivity index (χ3v) is 2.82. The van der Waals surface area contributed by atoms with Crippen LogP contribution < -0.4 is 11.1 Å². The maximum Gasteiger partial charge on any atom is 0.409 e. The highest BCUT2D eigenvalue weighted by molar-refractivity contribution is 5.81. The summed E-state index contributed by atoms with van der Waals surface area (Å²) in [6, 6.07) is 0. The lowest BCUT2D eigenvalue weighted by atomic mass is 9.93. The van der Waals surface area contributed by atoms with Gasteiger partial charge in [-0.25, -0.2) is 0 Å². The van der Waals surface area contributed by atoms with Gasteiger partial charge in [-0.1, -0.05) is 6.92 Å².